The zero-order valence-electron chi connectivity index (χ0n) is 14.9. The molecule has 1 N–H and O–H groups in total. The number of amides is 1. The van der Waals surface area contributed by atoms with Crippen LogP contribution in [0, 0.1) is 0 Å². The first-order valence-corrected chi connectivity index (χ1v) is 8.37. The number of benzene rings is 2. The van der Waals surface area contributed by atoms with Crippen LogP contribution in [0.4, 0.5) is 13.2 Å². The molecule has 0 aliphatic carbocycles. The molecule has 0 unspecified atom stereocenters. The van der Waals surface area contributed by atoms with Crippen LogP contribution in [0.25, 0.3) is 10.8 Å². The molecule has 3 aromatic rings. The van der Waals surface area contributed by atoms with Gasteiger partial charge in [-0.2, -0.15) is 13.2 Å². The van der Waals surface area contributed by atoms with Gasteiger partial charge < -0.3 is 14.6 Å². The summed E-state index contributed by atoms with van der Waals surface area (Å²) in [4.78, 5) is 23.8. The van der Waals surface area contributed by atoms with Crippen molar-refractivity contribution in [3.63, 3.8) is 0 Å². The van der Waals surface area contributed by atoms with E-state index in [0.29, 0.717) is 12.3 Å². The van der Waals surface area contributed by atoms with Crippen molar-refractivity contribution in [1.82, 2.24) is 9.88 Å². The average Bonchev–Trinajstić information content (AvgIpc) is 2.66. The minimum absolute atomic E-state index is 0.189. The molecule has 0 bridgehead atoms. The summed E-state index contributed by atoms with van der Waals surface area (Å²) in [7, 11) is 1.58. The van der Waals surface area contributed by atoms with E-state index < -0.39 is 29.8 Å². The van der Waals surface area contributed by atoms with E-state index >= 15 is 0 Å². The fraction of sp³-hybridized carbons (Fsp3) is 0.200. The SMILES string of the molecule is COc1ccc2cc(CNC(=O)Cn3cc(C(F)(F)F)ccc3=O)ccc2c1. The number of hydrogen-bond donors (Lipinski definition) is 1. The predicted octanol–water partition coefficient (Wildman–Crippen LogP) is 3.35. The minimum Gasteiger partial charge on any atom is -0.497 e. The normalized spacial score (nSPS) is 11.4. The maximum Gasteiger partial charge on any atom is 0.417 e. The lowest BCUT2D eigenvalue weighted by Crippen LogP contribution is -2.32. The summed E-state index contributed by atoms with van der Waals surface area (Å²) in [6.45, 7) is -0.304. The number of fused-ring (bicyclic) bond motifs is 1. The first kappa shape index (κ1) is 19.5. The zero-order valence-corrected chi connectivity index (χ0v) is 14.9. The number of carbonyl (C=O) groups excluding carboxylic acids is 1. The Kier molecular flexibility index (Phi) is 5.39. The minimum atomic E-state index is -4.58. The molecule has 1 heterocycles. The van der Waals surface area contributed by atoms with Gasteiger partial charge in [0, 0.05) is 18.8 Å². The average molecular weight is 390 g/mol. The van der Waals surface area contributed by atoms with Crippen LogP contribution in [0.3, 0.4) is 0 Å². The first-order valence-electron chi connectivity index (χ1n) is 8.37. The Morgan fingerprint density at radius 2 is 1.79 bits per heavy atom. The van der Waals surface area contributed by atoms with Gasteiger partial charge in [-0.3, -0.25) is 9.59 Å². The van der Waals surface area contributed by atoms with Crippen molar-refractivity contribution >= 4 is 16.7 Å². The zero-order chi connectivity index (χ0) is 20.3. The number of hydrogen-bond acceptors (Lipinski definition) is 3. The van der Waals surface area contributed by atoms with Gasteiger partial charge in [-0.15, -0.1) is 0 Å². The molecular weight excluding hydrogens is 373 g/mol. The molecule has 0 aliphatic heterocycles. The predicted molar refractivity (Wildman–Crippen MR) is 98.1 cm³/mol. The van der Waals surface area contributed by atoms with Gasteiger partial charge in [0.1, 0.15) is 12.3 Å². The number of carbonyl (C=O) groups is 1. The molecule has 0 atom stereocenters. The van der Waals surface area contributed by atoms with Crippen LogP contribution in [-0.2, 0) is 24.1 Å². The Morgan fingerprint density at radius 3 is 2.50 bits per heavy atom. The van der Waals surface area contributed by atoms with Gasteiger partial charge in [0.25, 0.3) is 5.56 Å². The molecule has 8 heteroatoms. The molecule has 146 valence electrons. The molecule has 5 nitrogen and oxygen atoms in total. The second kappa shape index (κ2) is 7.75. The molecule has 0 fully saturated rings. The van der Waals surface area contributed by atoms with E-state index in [4.69, 9.17) is 4.74 Å². The molecule has 1 amide bonds. The van der Waals surface area contributed by atoms with E-state index in [0.717, 1.165) is 32.7 Å². The summed E-state index contributed by atoms with van der Waals surface area (Å²) in [5.41, 5.74) is -0.838. The molecule has 0 aliphatic rings. The van der Waals surface area contributed by atoms with Crippen LogP contribution in [0.2, 0.25) is 0 Å². The van der Waals surface area contributed by atoms with E-state index in [1.807, 2.05) is 36.4 Å². The topological polar surface area (TPSA) is 60.3 Å². The number of methoxy groups -OCH3 is 1. The highest BCUT2D eigenvalue weighted by Crippen LogP contribution is 2.28. The van der Waals surface area contributed by atoms with E-state index in [2.05, 4.69) is 5.32 Å². The Hall–Kier alpha value is -3.29. The number of pyridine rings is 1. The van der Waals surface area contributed by atoms with E-state index in [9.17, 15) is 22.8 Å². The second-order valence-corrected chi connectivity index (χ2v) is 6.21. The van der Waals surface area contributed by atoms with Crippen molar-refractivity contribution in [3.8, 4) is 5.75 Å². The number of aromatic nitrogens is 1. The number of rotatable bonds is 5. The molecule has 28 heavy (non-hydrogen) atoms. The summed E-state index contributed by atoms with van der Waals surface area (Å²) >= 11 is 0. The smallest absolute Gasteiger partial charge is 0.417 e. The van der Waals surface area contributed by atoms with Gasteiger partial charge >= 0.3 is 6.18 Å². The van der Waals surface area contributed by atoms with E-state index in [1.54, 1.807) is 7.11 Å². The van der Waals surface area contributed by atoms with Crippen LogP contribution in [-0.4, -0.2) is 17.6 Å². The Balaban J connectivity index is 1.68. The maximum atomic E-state index is 12.8. The van der Waals surface area contributed by atoms with Crippen molar-refractivity contribution in [1.29, 1.82) is 0 Å². The number of alkyl halides is 3. The molecule has 0 spiro atoms. The van der Waals surface area contributed by atoms with Crippen LogP contribution in [0.15, 0.2) is 59.5 Å². The lowest BCUT2D eigenvalue weighted by Gasteiger charge is -2.11. The summed E-state index contributed by atoms with van der Waals surface area (Å²) in [5, 5.41) is 4.55. The van der Waals surface area contributed by atoms with Gasteiger partial charge in [0.05, 0.1) is 12.7 Å². The van der Waals surface area contributed by atoms with Gasteiger partial charge in [0.2, 0.25) is 5.91 Å². The van der Waals surface area contributed by atoms with Crippen LogP contribution in [0.1, 0.15) is 11.1 Å². The van der Waals surface area contributed by atoms with Gasteiger partial charge in [-0.25, -0.2) is 0 Å². The molecule has 2 aromatic carbocycles. The lowest BCUT2D eigenvalue weighted by atomic mass is 10.1. The highest BCUT2D eigenvalue weighted by Gasteiger charge is 2.31. The highest BCUT2D eigenvalue weighted by molar-refractivity contribution is 5.84. The lowest BCUT2D eigenvalue weighted by molar-refractivity contribution is -0.138. The maximum absolute atomic E-state index is 12.8. The summed E-state index contributed by atoms with van der Waals surface area (Å²) in [5.74, 6) is 0.177. The van der Waals surface area contributed by atoms with Gasteiger partial charge in [0.15, 0.2) is 0 Å². The third kappa shape index (κ3) is 4.51. The third-order valence-corrected chi connectivity index (χ3v) is 4.23. The fourth-order valence-corrected chi connectivity index (χ4v) is 2.74. The highest BCUT2D eigenvalue weighted by atomic mass is 19.4. The second-order valence-electron chi connectivity index (χ2n) is 6.21. The number of halogens is 3. The third-order valence-electron chi connectivity index (χ3n) is 4.23. The van der Waals surface area contributed by atoms with E-state index in [-0.39, 0.29) is 6.54 Å². The van der Waals surface area contributed by atoms with Crippen LogP contribution in [0.5, 0.6) is 5.75 Å². The van der Waals surface area contributed by atoms with Crippen molar-refractivity contribution < 1.29 is 22.7 Å². The first-order chi connectivity index (χ1) is 13.3. The molecule has 0 saturated heterocycles. The number of ether oxygens (including phenoxy) is 1. The quantitative estimate of drug-likeness (QED) is 0.727. The molecular formula is C20H17F3N2O3. The summed E-state index contributed by atoms with van der Waals surface area (Å²) in [6, 6.07) is 12.7. The summed E-state index contributed by atoms with van der Waals surface area (Å²) < 4.78 is 44.2. The van der Waals surface area contributed by atoms with Gasteiger partial charge in [-0.1, -0.05) is 18.2 Å². The monoisotopic (exact) mass is 390 g/mol. The van der Waals surface area contributed by atoms with Crippen molar-refractivity contribution in [3.05, 3.63) is 76.2 Å². The van der Waals surface area contributed by atoms with Crippen molar-refractivity contribution in [2.75, 3.05) is 7.11 Å². The standard InChI is InChI=1S/C20H17F3N2O3/c1-28-17-6-4-14-8-13(2-3-15(14)9-17)10-24-18(26)12-25-11-16(20(21,22)23)5-7-19(25)27/h2-9,11H,10,12H2,1H3,(H,24,26). The number of nitrogens with zero attached hydrogens (tertiary/aromatic N) is 1. The van der Waals surface area contributed by atoms with E-state index in [1.165, 1.54) is 0 Å². The Bertz CT molecular complexity index is 1070. The fourth-order valence-electron chi connectivity index (χ4n) is 2.74. The number of nitrogens with one attached hydrogen (secondary N) is 1. The Morgan fingerprint density at radius 1 is 1.07 bits per heavy atom. The summed E-state index contributed by atoms with van der Waals surface area (Å²) in [6.07, 6.45) is -3.94. The van der Waals surface area contributed by atoms with Crippen LogP contribution < -0.4 is 15.6 Å². The Labute approximate surface area is 158 Å². The van der Waals surface area contributed by atoms with Gasteiger partial charge in [-0.05, 0) is 40.6 Å². The molecule has 0 saturated carbocycles. The van der Waals surface area contributed by atoms with Crippen molar-refractivity contribution in [2.45, 2.75) is 19.3 Å². The molecule has 0 radical (unpaired) electrons. The van der Waals surface area contributed by atoms with Crippen LogP contribution >= 0.6 is 0 Å². The molecule has 3 rings (SSSR count). The molecule has 1 aromatic heterocycles. The largest absolute Gasteiger partial charge is 0.497 e. The van der Waals surface area contributed by atoms with Crippen molar-refractivity contribution in [2.24, 2.45) is 0 Å².